The third kappa shape index (κ3) is 4.65. The van der Waals surface area contributed by atoms with Gasteiger partial charge in [-0.3, -0.25) is 0 Å². The molecule has 0 aliphatic heterocycles. The van der Waals surface area contributed by atoms with Gasteiger partial charge in [-0.25, -0.2) is 12.0 Å². The maximum Gasteiger partial charge on any atom is 3.00 e. The zero-order valence-corrected chi connectivity index (χ0v) is 36.8. The molecule has 6 aliphatic rings. The Labute approximate surface area is 353 Å². The minimum absolute atomic E-state index is 0. The molecule has 0 saturated heterocycles. The smallest absolute Gasteiger partial charge is 1.00 e. The summed E-state index contributed by atoms with van der Waals surface area (Å²) in [5.41, 5.74) is 9.09. The number of allylic oxidation sites excluding steroid dienone is 17. The largest absolute Gasteiger partial charge is 3.00 e. The van der Waals surface area contributed by atoms with Crippen LogP contribution in [0.5, 0.6) is 0 Å². The zero-order valence-electron chi connectivity index (χ0n) is 31.3. The van der Waals surface area contributed by atoms with Gasteiger partial charge in [0, 0.05) is 26.3 Å². The maximum atomic E-state index is 6.48. The molecule has 6 aliphatic carbocycles. The van der Waals surface area contributed by atoms with Gasteiger partial charge in [0.2, 0.25) is 0 Å². The molecule has 1 radical (unpaired) electrons. The van der Waals surface area contributed by atoms with Crippen LogP contribution in [-0.2, 0) is 26.2 Å². The predicted molar refractivity (Wildman–Crippen MR) is 209 cm³/mol. The van der Waals surface area contributed by atoms with Crippen LogP contribution in [0.3, 0.4) is 0 Å². The fourth-order valence-electron chi connectivity index (χ4n) is 12.1. The molecule has 0 heterocycles. The molecule has 0 amide bonds. The van der Waals surface area contributed by atoms with Crippen LogP contribution in [0.25, 0.3) is 5.57 Å². The van der Waals surface area contributed by atoms with Crippen molar-refractivity contribution in [1.82, 2.24) is 0 Å². The first kappa shape index (κ1) is 41.2. The van der Waals surface area contributed by atoms with E-state index in [9.17, 15) is 0 Å². The van der Waals surface area contributed by atoms with Crippen LogP contribution in [0.2, 0.25) is 10.0 Å². The van der Waals surface area contributed by atoms with Crippen molar-refractivity contribution in [3.8, 4) is 0 Å². The first-order valence-electron chi connectivity index (χ1n) is 17.8. The Morgan fingerprint density at radius 1 is 0.635 bits per heavy atom. The molecule has 8 rings (SSSR count). The summed E-state index contributed by atoms with van der Waals surface area (Å²) in [5, 5.41) is 1.47. The summed E-state index contributed by atoms with van der Waals surface area (Å²) in [5.74, 6) is 0. The molecule has 2 saturated carbocycles. The summed E-state index contributed by atoms with van der Waals surface area (Å²) >= 11 is 13.0. The second-order valence-corrected chi connectivity index (χ2v) is 17.4. The summed E-state index contributed by atoms with van der Waals surface area (Å²) in [4.78, 5) is 0. The van der Waals surface area contributed by atoms with E-state index in [-0.39, 0.29) is 88.9 Å². The molecule has 2 fully saturated rings. The third-order valence-corrected chi connectivity index (χ3v) is 16.2. The van der Waals surface area contributed by atoms with Gasteiger partial charge in [-0.05, 0) is 81.7 Å². The maximum absolute atomic E-state index is 6.48. The summed E-state index contributed by atoms with van der Waals surface area (Å²) in [7, 11) is 0. The van der Waals surface area contributed by atoms with E-state index in [1.54, 1.807) is 0 Å². The van der Waals surface area contributed by atoms with Crippen LogP contribution in [0.1, 0.15) is 72.9 Å². The van der Waals surface area contributed by atoms with Gasteiger partial charge < -0.3 is 24.8 Å². The Bertz CT molecular complexity index is 2040. The first-order chi connectivity index (χ1) is 23.1. The molecule has 0 N–H and O–H groups in total. The number of fused-ring (bicyclic) bond motifs is 8. The Balaban J connectivity index is 0.00000174. The second-order valence-electron chi connectivity index (χ2n) is 16.6. The van der Waals surface area contributed by atoms with E-state index in [0.717, 1.165) is 27.6 Å². The van der Waals surface area contributed by atoms with Crippen molar-refractivity contribution < 1.29 is 51.0 Å². The topological polar surface area (TPSA) is 0 Å². The van der Waals surface area contributed by atoms with Crippen molar-refractivity contribution in [3.63, 3.8) is 0 Å². The molecule has 2 aromatic rings. The van der Waals surface area contributed by atoms with Crippen molar-refractivity contribution in [2.75, 3.05) is 0 Å². The molecule has 5 heteroatoms. The SMILES string of the molecule is CC1=C(C2=CC=CC2)C(=C(c2ccc(Cl)cc2)c2ccc(Cl)cc2)C=C2[CH-]C3(C)C4(C)C=CC=CC4(C)C4(C)C=CC=CC4(C)C3(C)C21C.[Cl-].[Cl-].[Zr+3]. The van der Waals surface area contributed by atoms with Crippen molar-refractivity contribution >= 4 is 28.8 Å². The molecular formula is C47H47Cl4Zr. The average molecular weight is 845 g/mol. The Morgan fingerprint density at radius 2 is 1.10 bits per heavy atom. The van der Waals surface area contributed by atoms with E-state index < -0.39 is 0 Å². The van der Waals surface area contributed by atoms with Gasteiger partial charge in [-0.15, -0.1) is 0 Å². The molecule has 7 unspecified atom stereocenters. The van der Waals surface area contributed by atoms with Gasteiger partial charge in [-0.2, -0.15) is 6.08 Å². The van der Waals surface area contributed by atoms with E-state index in [1.807, 2.05) is 24.3 Å². The number of hydrogen-bond acceptors (Lipinski definition) is 0. The van der Waals surface area contributed by atoms with Gasteiger partial charge >= 0.3 is 26.2 Å². The fraction of sp³-hybridized carbons (Fsp3) is 0.340. The monoisotopic (exact) mass is 841 g/mol. The van der Waals surface area contributed by atoms with E-state index >= 15 is 0 Å². The molecule has 0 aromatic heterocycles. The molecule has 2 aromatic carbocycles. The van der Waals surface area contributed by atoms with Gasteiger partial charge in [0.25, 0.3) is 0 Å². The van der Waals surface area contributed by atoms with E-state index in [2.05, 4.69) is 159 Å². The molecule has 0 bridgehead atoms. The quantitative estimate of drug-likeness (QED) is 0.282. The van der Waals surface area contributed by atoms with E-state index in [1.165, 1.54) is 33.4 Å². The molecule has 52 heavy (non-hydrogen) atoms. The average Bonchev–Trinajstić information content (AvgIpc) is 3.67. The van der Waals surface area contributed by atoms with Crippen LogP contribution < -0.4 is 24.8 Å². The van der Waals surface area contributed by atoms with Crippen molar-refractivity contribution in [2.24, 2.45) is 37.9 Å². The van der Waals surface area contributed by atoms with Crippen molar-refractivity contribution in [3.05, 3.63) is 177 Å². The Morgan fingerprint density at radius 3 is 1.58 bits per heavy atom. The summed E-state index contributed by atoms with van der Waals surface area (Å²) in [6.45, 7) is 20.4. The standard InChI is InChI=1S/C47H47Cl2.2ClH.Zr/c1-31-39(32-15-9-10-16-32)38(40(33-17-21-36(48)22-18-33)34-19-23-37(49)24-20-34)29-35-30-45(6)43(4)27-12-11-25-41(43,2)42(3)26-13-14-28-44(42,5)47(45,8)46(31,35)7;;;/h9-15,17-30H,16H2,1-8H3;2*1H;/q-1;;;+3/p-2. The minimum atomic E-state index is -0.264. The van der Waals surface area contributed by atoms with Gasteiger partial charge in [0.1, 0.15) is 0 Å². The number of rotatable bonds is 3. The molecule has 267 valence electrons. The van der Waals surface area contributed by atoms with Gasteiger partial charge in [-0.1, -0.05) is 179 Å². The van der Waals surface area contributed by atoms with Crippen LogP contribution in [0.15, 0.2) is 149 Å². The third-order valence-electron chi connectivity index (χ3n) is 15.7. The van der Waals surface area contributed by atoms with E-state index in [4.69, 9.17) is 23.2 Å². The summed E-state index contributed by atoms with van der Waals surface area (Å²) < 4.78 is 0. The van der Waals surface area contributed by atoms with Crippen LogP contribution in [0.4, 0.5) is 0 Å². The Kier molecular flexibility index (Phi) is 10.6. The number of halogens is 4. The van der Waals surface area contributed by atoms with Crippen LogP contribution in [0, 0.1) is 44.3 Å². The molecule has 7 atom stereocenters. The second kappa shape index (κ2) is 13.3. The van der Waals surface area contributed by atoms with Crippen LogP contribution in [-0.4, -0.2) is 0 Å². The minimum Gasteiger partial charge on any atom is -1.00 e. The zero-order chi connectivity index (χ0) is 34.8. The van der Waals surface area contributed by atoms with Gasteiger partial charge in [0.05, 0.1) is 0 Å². The van der Waals surface area contributed by atoms with E-state index in [0.29, 0.717) is 0 Å². The predicted octanol–water partition coefficient (Wildman–Crippen LogP) is 7.47. The normalized spacial score (nSPS) is 37.3. The van der Waals surface area contributed by atoms with Crippen molar-refractivity contribution in [1.29, 1.82) is 0 Å². The molecule has 0 spiro atoms. The number of benzene rings is 2. The molecular weight excluding hydrogens is 798 g/mol. The fourth-order valence-corrected chi connectivity index (χ4v) is 12.3. The number of hydrogen-bond donors (Lipinski definition) is 0. The summed E-state index contributed by atoms with van der Waals surface area (Å²) in [6, 6.07) is 16.7. The first-order valence-corrected chi connectivity index (χ1v) is 18.6. The Hall–Kier alpha value is -1.99. The van der Waals surface area contributed by atoms with Crippen molar-refractivity contribution in [2.45, 2.75) is 61.8 Å². The van der Waals surface area contributed by atoms with Crippen LogP contribution >= 0.6 is 23.2 Å². The summed E-state index contributed by atoms with van der Waals surface area (Å²) in [6.07, 6.45) is 32.5. The van der Waals surface area contributed by atoms with Gasteiger partial charge in [0.15, 0.2) is 0 Å². The molecule has 0 nitrogen and oxygen atoms in total.